The van der Waals surface area contributed by atoms with Crippen LogP contribution in [0.3, 0.4) is 0 Å². The molecule has 1 aliphatic rings. The second kappa shape index (κ2) is 5.31. The van der Waals surface area contributed by atoms with E-state index in [1.165, 1.54) is 18.6 Å². The van der Waals surface area contributed by atoms with Crippen molar-refractivity contribution in [3.05, 3.63) is 24.3 Å². The molecular formula is C12H16N4O3. The third-order valence-electron chi connectivity index (χ3n) is 3.05. The Morgan fingerprint density at radius 3 is 2.89 bits per heavy atom. The van der Waals surface area contributed by atoms with Gasteiger partial charge in [-0.1, -0.05) is 0 Å². The number of morpholine rings is 1. The van der Waals surface area contributed by atoms with E-state index >= 15 is 0 Å². The van der Waals surface area contributed by atoms with E-state index in [0.717, 1.165) is 0 Å². The Kier molecular flexibility index (Phi) is 3.75. The van der Waals surface area contributed by atoms with Crippen molar-refractivity contribution in [1.29, 1.82) is 0 Å². The van der Waals surface area contributed by atoms with Crippen LogP contribution in [0.1, 0.15) is 17.4 Å². The number of nitrogens with zero attached hydrogens (tertiary/aromatic N) is 3. The van der Waals surface area contributed by atoms with Crippen LogP contribution in [0.15, 0.2) is 18.6 Å². The molecule has 19 heavy (non-hydrogen) atoms. The Morgan fingerprint density at radius 2 is 2.26 bits per heavy atom. The average molecular weight is 264 g/mol. The molecule has 1 N–H and O–H groups in total. The van der Waals surface area contributed by atoms with Gasteiger partial charge in [-0.15, -0.1) is 0 Å². The van der Waals surface area contributed by atoms with Crippen molar-refractivity contribution in [3.8, 4) is 0 Å². The van der Waals surface area contributed by atoms with E-state index < -0.39 is 5.60 Å². The fraction of sp³-hybridized carbons (Fsp3) is 0.500. The fourth-order valence-electron chi connectivity index (χ4n) is 2.02. The zero-order chi connectivity index (χ0) is 13.9. The predicted molar refractivity (Wildman–Crippen MR) is 66.4 cm³/mol. The van der Waals surface area contributed by atoms with Crippen molar-refractivity contribution >= 4 is 11.8 Å². The minimum Gasteiger partial charge on any atom is -0.362 e. The molecule has 1 aromatic rings. The first-order valence-corrected chi connectivity index (χ1v) is 5.98. The van der Waals surface area contributed by atoms with Crippen LogP contribution >= 0.6 is 0 Å². The lowest BCUT2D eigenvalue weighted by Crippen LogP contribution is -2.58. The molecule has 1 fully saturated rings. The molecule has 0 unspecified atom stereocenters. The minimum atomic E-state index is -1.02. The molecule has 1 aliphatic heterocycles. The summed E-state index contributed by atoms with van der Waals surface area (Å²) in [5.74, 6) is -0.490. The Morgan fingerprint density at radius 1 is 1.47 bits per heavy atom. The summed E-state index contributed by atoms with van der Waals surface area (Å²) in [6.45, 7) is 2.61. The van der Waals surface area contributed by atoms with Crippen molar-refractivity contribution < 1.29 is 14.3 Å². The van der Waals surface area contributed by atoms with Crippen molar-refractivity contribution in [1.82, 2.24) is 20.2 Å². The van der Waals surface area contributed by atoms with Gasteiger partial charge in [0.05, 0.1) is 19.3 Å². The summed E-state index contributed by atoms with van der Waals surface area (Å²) in [6.07, 6.45) is 4.38. The predicted octanol–water partition coefficient (Wildman–Crippen LogP) is -0.546. The molecule has 0 aliphatic carbocycles. The second-order valence-electron chi connectivity index (χ2n) is 4.48. The van der Waals surface area contributed by atoms with Gasteiger partial charge in [0.25, 0.3) is 11.8 Å². The van der Waals surface area contributed by atoms with Gasteiger partial charge in [0.1, 0.15) is 5.69 Å². The highest BCUT2D eigenvalue weighted by Gasteiger charge is 2.40. The molecule has 1 saturated heterocycles. The highest BCUT2D eigenvalue weighted by atomic mass is 16.5. The second-order valence-corrected chi connectivity index (χ2v) is 4.48. The lowest BCUT2D eigenvalue weighted by atomic mass is 10.0. The Labute approximate surface area is 111 Å². The number of hydrogen-bond donors (Lipinski definition) is 1. The summed E-state index contributed by atoms with van der Waals surface area (Å²) in [4.78, 5) is 33.4. The maximum Gasteiger partial charge on any atom is 0.274 e. The Balaban J connectivity index is 2.14. The van der Waals surface area contributed by atoms with E-state index in [1.807, 2.05) is 0 Å². The zero-order valence-corrected chi connectivity index (χ0v) is 10.9. The number of carbonyl (C=O) groups is 2. The van der Waals surface area contributed by atoms with E-state index in [1.54, 1.807) is 18.9 Å². The molecule has 1 aromatic heterocycles. The summed E-state index contributed by atoms with van der Waals surface area (Å²) in [5, 5.41) is 2.54. The molecule has 0 spiro atoms. The minimum absolute atomic E-state index is 0.197. The molecule has 0 radical (unpaired) electrons. The van der Waals surface area contributed by atoms with Gasteiger partial charge in [-0.2, -0.15) is 0 Å². The zero-order valence-electron chi connectivity index (χ0n) is 10.9. The molecule has 2 heterocycles. The maximum atomic E-state index is 12.2. The monoisotopic (exact) mass is 264 g/mol. The van der Waals surface area contributed by atoms with Crippen LogP contribution in [0.5, 0.6) is 0 Å². The maximum absolute atomic E-state index is 12.2. The van der Waals surface area contributed by atoms with Crippen LogP contribution in [-0.4, -0.2) is 59.0 Å². The van der Waals surface area contributed by atoms with E-state index in [0.29, 0.717) is 13.2 Å². The number of rotatable bonds is 2. The molecule has 7 nitrogen and oxygen atoms in total. The topological polar surface area (TPSA) is 84.4 Å². The van der Waals surface area contributed by atoms with E-state index in [4.69, 9.17) is 4.74 Å². The molecule has 0 aromatic carbocycles. The first-order valence-electron chi connectivity index (χ1n) is 5.98. The smallest absolute Gasteiger partial charge is 0.274 e. The van der Waals surface area contributed by atoms with Crippen molar-refractivity contribution in [2.75, 3.05) is 26.7 Å². The van der Waals surface area contributed by atoms with Crippen LogP contribution in [0.4, 0.5) is 0 Å². The number of amides is 2. The van der Waals surface area contributed by atoms with Gasteiger partial charge < -0.3 is 15.0 Å². The summed E-state index contributed by atoms with van der Waals surface area (Å²) < 4.78 is 5.49. The Hall–Kier alpha value is -2.02. The quantitative estimate of drug-likeness (QED) is 0.775. The van der Waals surface area contributed by atoms with Gasteiger partial charge in [0.15, 0.2) is 5.60 Å². The van der Waals surface area contributed by atoms with E-state index in [-0.39, 0.29) is 24.1 Å². The lowest BCUT2D eigenvalue weighted by molar-refractivity contribution is -0.153. The van der Waals surface area contributed by atoms with E-state index in [9.17, 15) is 9.59 Å². The van der Waals surface area contributed by atoms with Gasteiger partial charge in [0.2, 0.25) is 0 Å². The summed E-state index contributed by atoms with van der Waals surface area (Å²) >= 11 is 0. The number of carbonyl (C=O) groups excluding carboxylic acids is 2. The summed E-state index contributed by atoms with van der Waals surface area (Å²) in [5.41, 5.74) is -0.756. The van der Waals surface area contributed by atoms with Crippen LogP contribution in [-0.2, 0) is 9.53 Å². The molecule has 0 saturated carbocycles. The largest absolute Gasteiger partial charge is 0.362 e. The first-order chi connectivity index (χ1) is 9.07. The molecule has 2 amide bonds. The number of nitrogens with one attached hydrogen (secondary N) is 1. The van der Waals surface area contributed by atoms with Gasteiger partial charge in [-0.3, -0.25) is 14.6 Å². The molecule has 1 atom stereocenters. The van der Waals surface area contributed by atoms with Crippen LogP contribution < -0.4 is 5.32 Å². The van der Waals surface area contributed by atoms with Crippen LogP contribution in [0.25, 0.3) is 0 Å². The van der Waals surface area contributed by atoms with Crippen molar-refractivity contribution in [2.24, 2.45) is 0 Å². The average Bonchev–Trinajstić information content (AvgIpc) is 2.46. The lowest BCUT2D eigenvalue weighted by Gasteiger charge is -2.38. The normalized spacial score (nSPS) is 22.9. The standard InChI is InChI=1S/C12H16N4O3/c1-12(11(18)13-2)8-16(5-6-19-12)10(17)9-7-14-3-4-15-9/h3-4,7H,5-6,8H2,1-2H3,(H,13,18)/t12-/m0/s1. The Bertz CT molecular complexity index is 479. The first kappa shape index (κ1) is 13.4. The molecule has 102 valence electrons. The van der Waals surface area contributed by atoms with Crippen molar-refractivity contribution in [3.63, 3.8) is 0 Å². The van der Waals surface area contributed by atoms with Gasteiger partial charge in [0, 0.05) is 26.0 Å². The number of hydrogen-bond acceptors (Lipinski definition) is 5. The van der Waals surface area contributed by atoms with Gasteiger partial charge in [-0.05, 0) is 6.92 Å². The van der Waals surface area contributed by atoms with Gasteiger partial charge >= 0.3 is 0 Å². The van der Waals surface area contributed by atoms with E-state index in [2.05, 4.69) is 15.3 Å². The van der Waals surface area contributed by atoms with Crippen molar-refractivity contribution in [2.45, 2.75) is 12.5 Å². The van der Waals surface area contributed by atoms with Crippen LogP contribution in [0, 0.1) is 0 Å². The summed E-state index contributed by atoms with van der Waals surface area (Å²) in [6, 6.07) is 0. The third kappa shape index (κ3) is 2.70. The summed E-state index contributed by atoms with van der Waals surface area (Å²) in [7, 11) is 1.54. The van der Waals surface area contributed by atoms with Gasteiger partial charge in [-0.25, -0.2) is 4.98 Å². The number of aromatic nitrogens is 2. The number of ether oxygens (including phenoxy) is 1. The molecule has 2 rings (SSSR count). The molecule has 7 heteroatoms. The number of likely N-dealkylation sites (N-methyl/N-ethyl adjacent to an activating group) is 1. The van der Waals surface area contributed by atoms with Crippen LogP contribution in [0.2, 0.25) is 0 Å². The fourth-order valence-corrected chi connectivity index (χ4v) is 2.02. The third-order valence-corrected chi connectivity index (χ3v) is 3.05. The highest BCUT2D eigenvalue weighted by Crippen LogP contribution is 2.19. The molecular weight excluding hydrogens is 248 g/mol. The highest BCUT2D eigenvalue weighted by molar-refractivity contribution is 5.93. The molecule has 0 bridgehead atoms. The SMILES string of the molecule is CNC(=O)[C@]1(C)CN(C(=O)c2cnccn2)CCO1.